The molecular weight excluding hydrogens is 212 g/mol. The minimum Gasteiger partial charge on any atom is -0.356 e. The molecule has 0 aliphatic heterocycles. The van der Waals surface area contributed by atoms with Crippen LogP contribution in [-0.2, 0) is 11.3 Å². The van der Waals surface area contributed by atoms with Gasteiger partial charge in [-0.15, -0.1) is 0 Å². The zero-order chi connectivity index (χ0) is 12.7. The highest BCUT2D eigenvalue weighted by Crippen LogP contribution is 2.09. The molecule has 0 bridgehead atoms. The van der Waals surface area contributed by atoms with Crippen LogP contribution in [0.15, 0.2) is 18.2 Å². The van der Waals surface area contributed by atoms with Crippen LogP contribution in [0.25, 0.3) is 0 Å². The Morgan fingerprint density at radius 3 is 2.76 bits per heavy atom. The first-order valence-electron chi connectivity index (χ1n) is 6.17. The molecule has 0 fully saturated rings. The van der Waals surface area contributed by atoms with E-state index in [1.165, 1.54) is 16.7 Å². The van der Waals surface area contributed by atoms with Crippen molar-refractivity contribution in [2.24, 2.45) is 0 Å². The third-order valence-corrected chi connectivity index (χ3v) is 2.72. The lowest BCUT2D eigenvalue weighted by Gasteiger charge is -2.08. The zero-order valence-corrected chi connectivity index (χ0v) is 11.0. The van der Waals surface area contributed by atoms with E-state index in [4.69, 9.17) is 0 Å². The van der Waals surface area contributed by atoms with Crippen molar-refractivity contribution < 1.29 is 4.79 Å². The average molecular weight is 234 g/mol. The molecule has 1 aromatic carbocycles. The summed E-state index contributed by atoms with van der Waals surface area (Å²) in [4.78, 5) is 11.2. The number of carbonyl (C=O) groups excluding carboxylic acids is 1. The van der Waals surface area contributed by atoms with Gasteiger partial charge in [0.25, 0.3) is 0 Å². The lowest BCUT2D eigenvalue weighted by Crippen LogP contribution is -2.27. The van der Waals surface area contributed by atoms with E-state index < -0.39 is 0 Å². The van der Waals surface area contributed by atoms with E-state index in [2.05, 4.69) is 42.7 Å². The lowest BCUT2D eigenvalue weighted by molar-refractivity contribution is -0.120. The van der Waals surface area contributed by atoms with Crippen LogP contribution in [0.2, 0.25) is 0 Å². The molecule has 0 saturated heterocycles. The van der Waals surface area contributed by atoms with Crippen LogP contribution in [0.5, 0.6) is 0 Å². The summed E-state index contributed by atoms with van der Waals surface area (Å²) < 4.78 is 0. The Kier molecular flexibility index (Phi) is 5.70. The topological polar surface area (TPSA) is 41.1 Å². The first-order valence-corrected chi connectivity index (χ1v) is 6.17. The molecule has 0 atom stereocenters. The summed E-state index contributed by atoms with van der Waals surface area (Å²) in [5, 5.41) is 6.08. The van der Waals surface area contributed by atoms with Gasteiger partial charge in [-0.2, -0.15) is 0 Å². The van der Waals surface area contributed by atoms with Crippen molar-refractivity contribution in [1.82, 2.24) is 10.6 Å². The number of hydrogen-bond donors (Lipinski definition) is 2. The number of amides is 1. The normalized spacial score (nSPS) is 10.3. The molecule has 1 aromatic rings. The highest BCUT2D eigenvalue weighted by molar-refractivity contribution is 5.75. The van der Waals surface area contributed by atoms with Crippen molar-refractivity contribution in [2.45, 2.75) is 33.7 Å². The highest BCUT2D eigenvalue weighted by Gasteiger charge is 2.00. The minimum absolute atomic E-state index is 0.112. The van der Waals surface area contributed by atoms with Crippen molar-refractivity contribution in [3.8, 4) is 0 Å². The van der Waals surface area contributed by atoms with Crippen molar-refractivity contribution in [3.05, 3.63) is 34.9 Å². The first kappa shape index (κ1) is 13.7. The summed E-state index contributed by atoms with van der Waals surface area (Å²) in [5.41, 5.74) is 3.87. The van der Waals surface area contributed by atoms with Gasteiger partial charge in [0.1, 0.15) is 0 Å². The molecule has 0 radical (unpaired) electrons. The molecule has 0 unspecified atom stereocenters. The molecule has 0 spiro atoms. The molecule has 3 nitrogen and oxygen atoms in total. The van der Waals surface area contributed by atoms with E-state index in [0.29, 0.717) is 13.0 Å². The fourth-order valence-corrected chi connectivity index (χ4v) is 1.70. The molecule has 1 amide bonds. The van der Waals surface area contributed by atoms with E-state index in [1.807, 2.05) is 6.92 Å². The largest absolute Gasteiger partial charge is 0.356 e. The Morgan fingerprint density at radius 2 is 2.06 bits per heavy atom. The fourth-order valence-electron chi connectivity index (χ4n) is 1.70. The predicted molar refractivity (Wildman–Crippen MR) is 70.9 cm³/mol. The molecular formula is C14H22N2O. The SMILES string of the molecule is CCNC(=O)CCNCc1cc(C)ccc1C. The molecule has 2 N–H and O–H groups in total. The second kappa shape index (κ2) is 7.07. The summed E-state index contributed by atoms with van der Waals surface area (Å²) in [6.07, 6.45) is 0.540. The van der Waals surface area contributed by atoms with Gasteiger partial charge in [0.2, 0.25) is 5.91 Å². The molecule has 17 heavy (non-hydrogen) atoms. The van der Waals surface area contributed by atoms with Gasteiger partial charge in [-0.3, -0.25) is 4.79 Å². The number of benzene rings is 1. The van der Waals surface area contributed by atoms with Crippen LogP contribution < -0.4 is 10.6 Å². The summed E-state index contributed by atoms with van der Waals surface area (Å²) in [6.45, 7) is 8.39. The second-order valence-electron chi connectivity index (χ2n) is 4.31. The zero-order valence-electron chi connectivity index (χ0n) is 11.0. The van der Waals surface area contributed by atoms with Crippen molar-refractivity contribution in [3.63, 3.8) is 0 Å². The maximum absolute atomic E-state index is 11.2. The van der Waals surface area contributed by atoms with Crippen LogP contribution in [0, 0.1) is 13.8 Å². The van der Waals surface area contributed by atoms with E-state index >= 15 is 0 Å². The van der Waals surface area contributed by atoms with Gasteiger partial charge in [0.15, 0.2) is 0 Å². The van der Waals surface area contributed by atoms with E-state index in [-0.39, 0.29) is 5.91 Å². The fraction of sp³-hybridized carbons (Fsp3) is 0.500. The molecule has 3 heteroatoms. The molecule has 0 heterocycles. The second-order valence-corrected chi connectivity index (χ2v) is 4.31. The third-order valence-electron chi connectivity index (χ3n) is 2.72. The lowest BCUT2D eigenvalue weighted by atomic mass is 10.1. The van der Waals surface area contributed by atoms with Crippen LogP contribution in [-0.4, -0.2) is 19.0 Å². The van der Waals surface area contributed by atoms with Gasteiger partial charge in [-0.25, -0.2) is 0 Å². The third kappa shape index (κ3) is 5.00. The molecule has 94 valence electrons. The van der Waals surface area contributed by atoms with Crippen molar-refractivity contribution >= 4 is 5.91 Å². The van der Waals surface area contributed by atoms with E-state index in [0.717, 1.165) is 13.1 Å². The van der Waals surface area contributed by atoms with Crippen molar-refractivity contribution in [1.29, 1.82) is 0 Å². The minimum atomic E-state index is 0.112. The Hall–Kier alpha value is -1.35. The molecule has 0 aliphatic rings. The van der Waals surface area contributed by atoms with E-state index in [9.17, 15) is 4.79 Å². The maximum Gasteiger partial charge on any atom is 0.221 e. The standard InChI is InChI=1S/C14H22N2O/c1-4-16-14(17)7-8-15-10-13-9-11(2)5-6-12(13)3/h5-6,9,15H,4,7-8,10H2,1-3H3,(H,16,17). The number of nitrogens with one attached hydrogen (secondary N) is 2. The monoisotopic (exact) mass is 234 g/mol. The van der Waals surface area contributed by atoms with Crippen LogP contribution in [0.4, 0.5) is 0 Å². The Morgan fingerprint density at radius 1 is 1.29 bits per heavy atom. The Bertz CT molecular complexity index is 374. The maximum atomic E-state index is 11.2. The highest BCUT2D eigenvalue weighted by atomic mass is 16.1. The molecule has 0 saturated carbocycles. The number of hydrogen-bond acceptors (Lipinski definition) is 2. The summed E-state index contributed by atoms with van der Waals surface area (Å²) in [7, 11) is 0. The van der Waals surface area contributed by atoms with Gasteiger partial charge >= 0.3 is 0 Å². The van der Waals surface area contributed by atoms with Gasteiger partial charge in [-0.05, 0) is 31.9 Å². The van der Waals surface area contributed by atoms with Gasteiger partial charge < -0.3 is 10.6 Å². The predicted octanol–water partition coefficient (Wildman–Crippen LogP) is 1.92. The van der Waals surface area contributed by atoms with Crippen LogP contribution in [0.3, 0.4) is 0 Å². The molecule has 0 aromatic heterocycles. The average Bonchev–Trinajstić information content (AvgIpc) is 2.29. The smallest absolute Gasteiger partial charge is 0.221 e. The van der Waals surface area contributed by atoms with Gasteiger partial charge in [0.05, 0.1) is 0 Å². The summed E-state index contributed by atoms with van der Waals surface area (Å²) >= 11 is 0. The molecule has 0 aliphatic carbocycles. The van der Waals surface area contributed by atoms with Gasteiger partial charge in [-0.1, -0.05) is 23.8 Å². The van der Waals surface area contributed by atoms with Crippen LogP contribution >= 0.6 is 0 Å². The first-order chi connectivity index (χ1) is 8.13. The van der Waals surface area contributed by atoms with Crippen LogP contribution in [0.1, 0.15) is 30.0 Å². The Balaban J connectivity index is 2.31. The molecule has 1 rings (SSSR count). The van der Waals surface area contributed by atoms with Gasteiger partial charge in [0, 0.05) is 26.1 Å². The number of rotatable bonds is 6. The van der Waals surface area contributed by atoms with E-state index in [1.54, 1.807) is 0 Å². The summed E-state index contributed by atoms with van der Waals surface area (Å²) in [5.74, 6) is 0.112. The quantitative estimate of drug-likeness (QED) is 0.738. The Labute approximate surface area is 104 Å². The number of aryl methyl sites for hydroxylation is 2. The number of carbonyl (C=O) groups is 1. The van der Waals surface area contributed by atoms with Crippen molar-refractivity contribution in [2.75, 3.05) is 13.1 Å². The summed E-state index contributed by atoms with van der Waals surface area (Å²) in [6, 6.07) is 6.44.